The summed E-state index contributed by atoms with van der Waals surface area (Å²) in [6, 6.07) is 25.8. The lowest BCUT2D eigenvalue weighted by atomic mass is 10.1. The van der Waals surface area contributed by atoms with Gasteiger partial charge in [-0.2, -0.15) is 0 Å². The highest BCUT2D eigenvalue weighted by molar-refractivity contribution is 9.10. The zero-order valence-electron chi connectivity index (χ0n) is 25.9. The van der Waals surface area contributed by atoms with Crippen LogP contribution in [-0.2, 0) is 8.85 Å². The number of halogens is 1. The smallest absolute Gasteiger partial charge is 0.261 e. The van der Waals surface area contributed by atoms with Gasteiger partial charge in [0.25, 0.3) is 8.32 Å². The first kappa shape index (κ1) is 32.6. The summed E-state index contributed by atoms with van der Waals surface area (Å²) in [5.74, 6) is 0. The van der Waals surface area contributed by atoms with E-state index in [4.69, 9.17) is 14.6 Å². The Morgan fingerprint density at radius 1 is 0.825 bits per heavy atom. The molecule has 0 saturated heterocycles. The Labute approximate surface area is 253 Å². The number of nitrogen functional groups attached to an aromatic ring is 1. The van der Waals surface area contributed by atoms with Gasteiger partial charge in [-0.25, -0.2) is 0 Å². The van der Waals surface area contributed by atoms with Crippen LogP contribution in [0.25, 0.3) is 0 Å². The van der Waals surface area contributed by atoms with Crippen molar-refractivity contribution in [1.82, 2.24) is 0 Å². The van der Waals surface area contributed by atoms with Crippen LogP contribution in [0.5, 0.6) is 0 Å². The molecule has 0 heterocycles. The molecule has 0 fully saturated rings. The first-order chi connectivity index (χ1) is 18.6. The lowest BCUT2D eigenvalue weighted by Gasteiger charge is -2.46. The molecule has 0 amide bonds. The molecular formula is C33H49BrN2O2Si2. The molecule has 3 aromatic carbocycles. The van der Waals surface area contributed by atoms with Crippen LogP contribution in [0.1, 0.15) is 53.5 Å². The van der Waals surface area contributed by atoms with Gasteiger partial charge in [0.05, 0.1) is 24.1 Å². The normalized spacial score (nSPS) is 13.8. The summed E-state index contributed by atoms with van der Waals surface area (Å²) in [7, 11) is -4.72. The molecule has 0 aliphatic rings. The predicted molar refractivity (Wildman–Crippen MR) is 182 cm³/mol. The second-order valence-corrected chi connectivity index (χ2v) is 23.2. The summed E-state index contributed by atoms with van der Waals surface area (Å²) >= 11 is 3.59. The molecule has 7 heteroatoms. The van der Waals surface area contributed by atoms with Gasteiger partial charge in [-0.15, -0.1) is 0 Å². The number of hydrogen-bond acceptors (Lipinski definition) is 4. The van der Waals surface area contributed by atoms with Crippen molar-refractivity contribution in [3.8, 4) is 0 Å². The maximum absolute atomic E-state index is 7.55. The number of rotatable bonds is 11. The summed E-state index contributed by atoms with van der Waals surface area (Å²) in [6.45, 7) is 21.8. The average Bonchev–Trinajstić information content (AvgIpc) is 2.89. The third kappa shape index (κ3) is 7.29. The first-order valence-corrected chi connectivity index (χ1v) is 19.9. The van der Waals surface area contributed by atoms with Crippen molar-refractivity contribution in [2.75, 3.05) is 24.2 Å². The van der Waals surface area contributed by atoms with Crippen molar-refractivity contribution >= 4 is 54.3 Å². The highest BCUT2D eigenvalue weighted by Gasteiger charge is 2.51. The molecule has 0 saturated carbocycles. The van der Waals surface area contributed by atoms with E-state index < -0.39 is 16.6 Å². The third-order valence-electron chi connectivity index (χ3n) is 8.43. The van der Waals surface area contributed by atoms with Gasteiger partial charge in [0.1, 0.15) is 0 Å². The molecule has 3 N–H and O–H groups in total. The quantitative estimate of drug-likeness (QED) is 0.164. The van der Waals surface area contributed by atoms with Crippen molar-refractivity contribution in [3.05, 3.63) is 82.8 Å². The second kappa shape index (κ2) is 12.9. The summed E-state index contributed by atoms with van der Waals surface area (Å²) in [4.78, 5) is 0. The molecule has 0 unspecified atom stereocenters. The van der Waals surface area contributed by atoms with E-state index >= 15 is 0 Å². The van der Waals surface area contributed by atoms with Crippen LogP contribution in [0.2, 0.25) is 23.2 Å². The van der Waals surface area contributed by atoms with Crippen LogP contribution < -0.4 is 21.4 Å². The minimum atomic E-state index is -2.73. The fourth-order valence-electron chi connectivity index (χ4n) is 4.86. The molecule has 3 rings (SSSR count). The first-order valence-electron chi connectivity index (χ1n) is 14.3. The Kier molecular flexibility index (Phi) is 10.6. The van der Waals surface area contributed by atoms with Crippen molar-refractivity contribution in [2.24, 2.45) is 0 Å². The van der Waals surface area contributed by atoms with Gasteiger partial charge >= 0.3 is 0 Å². The van der Waals surface area contributed by atoms with E-state index in [1.807, 2.05) is 19.1 Å². The molecule has 4 nitrogen and oxygen atoms in total. The standard InChI is InChI=1S/C33H49BrN2O2Si2/c1-25-29(34)20-21-30(31(25)35)36-23-22-26(24-37-39(8,9)32(2,3)4)38-40(33(5,6)7,27-16-12-10-13-17-27)28-18-14-11-15-19-28/h10-21,26,36H,22-24,35H2,1-9H3/t26-/m1/s1. The van der Waals surface area contributed by atoms with Gasteiger partial charge in [0.15, 0.2) is 8.32 Å². The molecule has 0 bridgehead atoms. The van der Waals surface area contributed by atoms with E-state index in [0.717, 1.165) is 34.4 Å². The number of anilines is 2. The maximum atomic E-state index is 7.55. The zero-order valence-corrected chi connectivity index (χ0v) is 29.5. The molecule has 40 heavy (non-hydrogen) atoms. The highest BCUT2D eigenvalue weighted by Crippen LogP contribution is 2.40. The largest absolute Gasteiger partial charge is 0.414 e. The Hall–Kier alpha value is -1.91. The van der Waals surface area contributed by atoms with Crippen molar-refractivity contribution in [2.45, 2.75) is 84.2 Å². The molecule has 1 atom stereocenters. The topological polar surface area (TPSA) is 56.5 Å². The zero-order chi connectivity index (χ0) is 29.8. The van der Waals surface area contributed by atoms with E-state index in [0.29, 0.717) is 6.61 Å². The Bertz CT molecular complexity index is 1200. The minimum absolute atomic E-state index is 0.0919. The van der Waals surface area contributed by atoms with Gasteiger partial charge in [-0.05, 0) is 64.6 Å². The van der Waals surface area contributed by atoms with Gasteiger partial charge in [-0.1, -0.05) is 118 Å². The van der Waals surface area contributed by atoms with Gasteiger partial charge < -0.3 is 19.9 Å². The van der Waals surface area contributed by atoms with E-state index in [2.05, 4.69) is 137 Å². The third-order valence-corrected chi connectivity index (χ3v) is 18.9. The fourth-order valence-corrected chi connectivity index (χ4v) is 10.9. The van der Waals surface area contributed by atoms with Gasteiger partial charge in [-0.3, -0.25) is 0 Å². The fraction of sp³-hybridized carbons (Fsp3) is 0.455. The van der Waals surface area contributed by atoms with Crippen molar-refractivity contribution < 1.29 is 8.85 Å². The second-order valence-electron chi connectivity index (χ2n) is 13.3. The van der Waals surface area contributed by atoms with Crippen LogP contribution in [0.3, 0.4) is 0 Å². The number of hydrogen-bond donors (Lipinski definition) is 2. The molecule has 0 aliphatic carbocycles. The van der Waals surface area contributed by atoms with Crippen LogP contribution in [-0.4, -0.2) is 35.9 Å². The summed E-state index contributed by atoms with van der Waals surface area (Å²) in [5.41, 5.74) is 9.21. The number of benzene rings is 3. The predicted octanol–water partition coefficient (Wildman–Crippen LogP) is 8.11. The van der Waals surface area contributed by atoms with E-state index in [-0.39, 0.29) is 16.2 Å². The average molecular weight is 642 g/mol. The molecule has 0 aliphatic heterocycles. The van der Waals surface area contributed by atoms with Gasteiger partial charge in [0.2, 0.25) is 0 Å². The molecule has 218 valence electrons. The van der Waals surface area contributed by atoms with E-state index in [1.165, 1.54) is 10.4 Å². The summed E-state index contributed by atoms with van der Waals surface area (Å²) in [6.07, 6.45) is 0.707. The van der Waals surface area contributed by atoms with Crippen LogP contribution >= 0.6 is 15.9 Å². The van der Waals surface area contributed by atoms with Crippen molar-refractivity contribution in [3.63, 3.8) is 0 Å². The van der Waals surface area contributed by atoms with Crippen LogP contribution in [0, 0.1) is 6.92 Å². The monoisotopic (exact) mass is 640 g/mol. The Balaban J connectivity index is 2.01. The van der Waals surface area contributed by atoms with Crippen molar-refractivity contribution in [1.29, 1.82) is 0 Å². The lowest BCUT2D eigenvalue weighted by molar-refractivity contribution is 0.107. The summed E-state index contributed by atoms with van der Waals surface area (Å²) in [5, 5.41) is 6.17. The molecule has 3 aromatic rings. The molecule has 0 aromatic heterocycles. The van der Waals surface area contributed by atoms with E-state index in [9.17, 15) is 0 Å². The molecular weight excluding hydrogens is 592 g/mol. The minimum Gasteiger partial charge on any atom is -0.414 e. The Morgan fingerprint density at radius 3 is 1.82 bits per heavy atom. The molecule has 0 radical (unpaired) electrons. The lowest BCUT2D eigenvalue weighted by Crippen LogP contribution is -2.68. The number of nitrogens with one attached hydrogen (secondary N) is 1. The summed E-state index contributed by atoms with van der Waals surface area (Å²) < 4.78 is 15.4. The molecule has 0 spiro atoms. The van der Waals surface area contributed by atoms with Crippen LogP contribution in [0.4, 0.5) is 11.4 Å². The highest BCUT2D eigenvalue weighted by atomic mass is 79.9. The van der Waals surface area contributed by atoms with Gasteiger partial charge in [0, 0.05) is 11.0 Å². The SMILES string of the molecule is Cc1c(Br)ccc(NCC[C@H](CO[Si](C)(C)C(C)(C)C)O[Si](c2ccccc2)(c2ccccc2)C(C)(C)C)c1N. The van der Waals surface area contributed by atoms with E-state index in [1.54, 1.807) is 0 Å². The van der Waals surface area contributed by atoms with Crippen LogP contribution in [0.15, 0.2) is 77.3 Å². The number of nitrogens with two attached hydrogens (primary N) is 1. The Morgan fingerprint density at radius 2 is 1.35 bits per heavy atom. The maximum Gasteiger partial charge on any atom is 0.261 e.